The van der Waals surface area contributed by atoms with Gasteiger partial charge in [-0.05, 0) is 32.6 Å². The summed E-state index contributed by atoms with van der Waals surface area (Å²) in [6, 6.07) is 0.387. The molecule has 1 amide bonds. The molecule has 3 N–H and O–H groups in total. The van der Waals surface area contributed by atoms with Crippen LogP contribution in [0.1, 0.15) is 58.3 Å². The summed E-state index contributed by atoms with van der Waals surface area (Å²) in [6.07, 6.45) is 9.00. The van der Waals surface area contributed by atoms with Crippen LogP contribution in [0.5, 0.6) is 0 Å². The first-order valence-electron chi connectivity index (χ1n) is 9.21. The van der Waals surface area contributed by atoms with Gasteiger partial charge >= 0.3 is 0 Å². The highest BCUT2D eigenvalue weighted by atomic mass is 16.5. The molecule has 1 aliphatic heterocycles. The van der Waals surface area contributed by atoms with E-state index in [0.29, 0.717) is 25.6 Å². The van der Waals surface area contributed by atoms with E-state index in [1.165, 1.54) is 19.3 Å². The van der Waals surface area contributed by atoms with Crippen LogP contribution in [-0.4, -0.2) is 50.3 Å². The van der Waals surface area contributed by atoms with Crippen LogP contribution in [0, 0.1) is 0 Å². The molecular formula is C17H32N4O2. The molecule has 1 saturated heterocycles. The lowest BCUT2D eigenvalue weighted by Crippen LogP contribution is -2.41. The van der Waals surface area contributed by atoms with Gasteiger partial charge in [0.05, 0.1) is 12.6 Å². The van der Waals surface area contributed by atoms with Gasteiger partial charge in [-0.1, -0.05) is 19.3 Å². The molecule has 0 bridgehead atoms. The van der Waals surface area contributed by atoms with Crippen LogP contribution in [0.25, 0.3) is 0 Å². The first kappa shape index (κ1) is 18.0. The van der Waals surface area contributed by atoms with E-state index in [0.717, 1.165) is 44.8 Å². The Balaban J connectivity index is 1.64. The first-order chi connectivity index (χ1) is 11.3. The Kier molecular flexibility index (Phi) is 8.21. The largest absolute Gasteiger partial charge is 0.376 e. The molecule has 2 rings (SSSR count). The van der Waals surface area contributed by atoms with E-state index >= 15 is 0 Å². The topological polar surface area (TPSA) is 74.8 Å². The Morgan fingerprint density at radius 3 is 2.65 bits per heavy atom. The standard InChI is InChI=1S/C17H32N4O2/c1-2-18-17(20-13-15-9-6-12-23-15)19-11-10-16(22)21-14-7-4-3-5-8-14/h14-15H,2-13H2,1H3,(H,21,22)(H2,18,19,20). The van der Waals surface area contributed by atoms with Crippen molar-refractivity contribution in [2.45, 2.75) is 70.4 Å². The molecule has 23 heavy (non-hydrogen) atoms. The lowest BCUT2D eigenvalue weighted by molar-refractivity contribution is -0.121. The number of aliphatic imine (C=N–C) groups is 1. The molecule has 132 valence electrons. The minimum Gasteiger partial charge on any atom is -0.376 e. The molecule has 2 fully saturated rings. The van der Waals surface area contributed by atoms with Crippen molar-refractivity contribution in [3.8, 4) is 0 Å². The molecule has 0 radical (unpaired) electrons. The van der Waals surface area contributed by atoms with Crippen molar-refractivity contribution < 1.29 is 9.53 Å². The Bertz CT molecular complexity index is 375. The zero-order valence-corrected chi connectivity index (χ0v) is 14.4. The highest BCUT2D eigenvalue weighted by molar-refractivity contribution is 5.81. The van der Waals surface area contributed by atoms with Gasteiger partial charge in [-0.25, -0.2) is 0 Å². The quantitative estimate of drug-likeness (QED) is 0.491. The van der Waals surface area contributed by atoms with Crippen molar-refractivity contribution >= 4 is 11.9 Å². The molecule has 6 nitrogen and oxygen atoms in total. The molecule has 1 saturated carbocycles. The van der Waals surface area contributed by atoms with Crippen LogP contribution >= 0.6 is 0 Å². The van der Waals surface area contributed by atoms with E-state index in [1.54, 1.807) is 0 Å². The van der Waals surface area contributed by atoms with E-state index in [2.05, 4.69) is 20.9 Å². The second-order valence-corrected chi connectivity index (χ2v) is 6.43. The lowest BCUT2D eigenvalue weighted by Gasteiger charge is -2.22. The zero-order valence-electron chi connectivity index (χ0n) is 14.4. The van der Waals surface area contributed by atoms with Gasteiger partial charge in [0, 0.05) is 32.2 Å². The molecule has 0 spiro atoms. The SMILES string of the molecule is CCNC(=NCC1CCCO1)NCCC(=O)NC1CCCCC1. The molecular weight excluding hydrogens is 292 g/mol. The average molecular weight is 324 g/mol. The van der Waals surface area contributed by atoms with Gasteiger partial charge in [0.2, 0.25) is 5.91 Å². The molecule has 1 heterocycles. The monoisotopic (exact) mass is 324 g/mol. The minimum absolute atomic E-state index is 0.138. The van der Waals surface area contributed by atoms with Gasteiger partial charge in [0.25, 0.3) is 0 Å². The molecule has 1 unspecified atom stereocenters. The van der Waals surface area contributed by atoms with Gasteiger partial charge in [-0.15, -0.1) is 0 Å². The molecule has 2 aliphatic rings. The Hall–Kier alpha value is -1.30. The molecule has 1 atom stereocenters. The van der Waals surface area contributed by atoms with E-state index in [4.69, 9.17) is 4.74 Å². The maximum absolute atomic E-state index is 12.0. The Labute approximate surface area is 139 Å². The number of guanidine groups is 1. The number of amides is 1. The van der Waals surface area contributed by atoms with Gasteiger partial charge < -0.3 is 20.7 Å². The zero-order chi connectivity index (χ0) is 16.3. The molecule has 1 aliphatic carbocycles. The number of hydrogen-bond donors (Lipinski definition) is 3. The molecule has 0 aromatic heterocycles. The van der Waals surface area contributed by atoms with E-state index < -0.39 is 0 Å². The smallest absolute Gasteiger partial charge is 0.221 e. The number of nitrogens with zero attached hydrogens (tertiary/aromatic N) is 1. The third-order valence-corrected chi connectivity index (χ3v) is 4.44. The van der Waals surface area contributed by atoms with Crippen LogP contribution in [0.2, 0.25) is 0 Å². The Morgan fingerprint density at radius 2 is 1.96 bits per heavy atom. The van der Waals surface area contributed by atoms with Crippen molar-refractivity contribution in [2.24, 2.45) is 4.99 Å². The fraction of sp³-hybridized carbons (Fsp3) is 0.882. The van der Waals surface area contributed by atoms with Crippen molar-refractivity contribution in [2.75, 3.05) is 26.2 Å². The predicted octanol–water partition coefficient (Wildman–Crippen LogP) is 1.56. The summed E-state index contributed by atoms with van der Waals surface area (Å²) in [7, 11) is 0. The maximum Gasteiger partial charge on any atom is 0.221 e. The van der Waals surface area contributed by atoms with Crippen LogP contribution in [0.4, 0.5) is 0 Å². The van der Waals surface area contributed by atoms with Gasteiger partial charge in [0.15, 0.2) is 5.96 Å². The number of carbonyl (C=O) groups excluding carboxylic acids is 1. The first-order valence-corrected chi connectivity index (χ1v) is 9.21. The fourth-order valence-electron chi connectivity index (χ4n) is 3.16. The van der Waals surface area contributed by atoms with Gasteiger partial charge in [-0.2, -0.15) is 0 Å². The lowest BCUT2D eigenvalue weighted by atomic mass is 9.95. The maximum atomic E-state index is 12.0. The normalized spacial score (nSPS) is 22.8. The Morgan fingerprint density at radius 1 is 1.13 bits per heavy atom. The molecule has 6 heteroatoms. The summed E-state index contributed by atoms with van der Waals surface area (Å²) in [6.45, 7) is 5.00. The van der Waals surface area contributed by atoms with E-state index in [9.17, 15) is 4.79 Å². The predicted molar refractivity (Wildman–Crippen MR) is 92.6 cm³/mol. The second-order valence-electron chi connectivity index (χ2n) is 6.43. The highest BCUT2D eigenvalue weighted by Crippen LogP contribution is 2.17. The highest BCUT2D eigenvalue weighted by Gasteiger charge is 2.16. The van der Waals surface area contributed by atoms with E-state index in [1.807, 2.05) is 6.92 Å². The van der Waals surface area contributed by atoms with Gasteiger partial charge in [-0.3, -0.25) is 9.79 Å². The van der Waals surface area contributed by atoms with Crippen molar-refractivity contribution in [3.05, 3.63) is 0 Å². The van der Waals surface area contributed by atoms with Crippen LogP contribution in [-0.2, 0) is 9.53 Å². The summed E-state index contributed by atoms with van der Waals surface area (Å²) in [4.78, 5) is 16.5. The fourth-order valence-corrected chi connectivity index (χ4v) is 3.16. The summed E-state index contributed by atoms with van der Waals surface area (Å²) in [5.74, 6) is 0.910. The average Bonchev–Trinajstić information content (AvgIpc) is 3.07. The van der Waals surface area contributed by atoms with Gasteiger partial charge in [0.1, 0.15) is 0 Å². The number of hydrogen-bond acceptors (Lipinski definition) is 3. The van der Waals surface area contributed by atoms with E-state index in [-0.39, 0.29) is 12.0 Å². The minimum atomic E-state index is 0.138. The number of ether oxygens (including phenoxy) is 1. The molecule has 0 aromatic carbocycles. The summed E-state index contributed by atoms with van der Waals surface area (Å²) < 4.78 is 5.58. The number of rotatable bonds is 7. The second kappa shape index (κ2) is 10.5. The van der Waals surface area contributed by atoms with Crippen LogP contribution < -0.4 is 16.0 Å². The summed E-state index contributed by atoms with van der Waals surface area (Å²) >= 11 is 0. The number of nitrogens with one attached hydrogen (secondary N) is 3. The number of carbonyl (C=O) groups is 1. The van der Waals surface area contributed by atoms with Crippen molar-refractivity contribution in [1.82, 2.24) is 16.0 Å². The molecule has 0 aromatic rings. The van der Waals surface area contributed by atoms with Crippen LogP contribution in [0.3, 0.4) is 0 Å². The summed E-state index contributed by atoms with van der Waals surface area (Å²) in [5, 5.41) is 9.59. The third-order valence-electron chi connectivity index (χ3n) is 4.44. The third kappa shape index (κ3) is 7.20. The summed E-state index contributed by atoms with van der Waals surface area (Å²) in [5.41, 5.74) is 0. The van der Waals surface area contributed by atoms with Crippen molar-refractivity contribution in [3.63, 3.8) is 0 Å². The van der Waals surface area contributed by atoms with Crippen LogP contribution in [0.15, 0.2) is 4.99 Å². The van der Waals surface area contributed by atoms with Crippen molar-refractivity contribution in [1.29, 1.82) is 0 Å².